The van der Waals surface area contributed by atoms with Gasteiger partial charge in [-0.1, -0.05) is 19.7 Å². The molecule has 3 aromatic heterocycles. The van der Waals surface area contributed by atoms with Crippen molar-refractivity contribution in [2.45, 2.75) is 6.92 Å². The monoisotopic (exact) mass is 651 g/mol. The van der Waals surface area contributed by atoms with Crippen LogP contribution in [0.4, 0.5) is 11.4 Å². The number of halogens is 1. The van der Waals surface area contributed by atoms with E-state index >= 15 is 0 Å². The second kappa shape index (κ2) is 27.6. The summed E-state index contributed by atoms with van der Waals surface area (Å²) in [5.41, 5.74) is 10.5. The van der Waals surface area contributed by atoms with E-state index in [1.165, 1.54) is 0 Å². The number of hydrogen-bond acceptors (Lipinski definition) is 13. The lowest BCUT2D eigenvalue weighted by Gasteiger charge is -2.12. The largest absolute Gasteiger partial charge is 0.463 e. The molecule has 0 bridgehead atoms. The van der Waals surface area contributed by atoms with Crippen LogP contribution in [0.1, 0.15) is 18.4 Å². The molecule has 3 rings (SSSR count). The standard InChI is InChI=1S/C11H13N5.C8H12N4.C5H8O2.C3H6N2O.ClH.H4N2.H2O/c1-4-10-13-11(15-14-10)9-7-8(16(2)3)5-6-12-9;1-12(2)6-3-4-11-7(5-6)8(9)10;1-3-5(6)7-4-2;1-2-3(6)5-4;;1-2;/h4-7H,1H2,2-3H3,(H,13,14,15);3-5H,1-2H3,(H3,9,10);3H,1,4H2,2H3;2H,1,4H2,(H,5,6);1H;1-2H2;1H2. The molecule has 0 unspecified atom stereocenters. The number of aromatic amines is 1. The number of nitrogens with zero attached hydrogens (tertiary/aromatic N) is 6. The Morgan fingerprint density at radius 1 is 1.02 bits per heavy atom. The number of hydrogen-bond donors (Lipinski definition) is 7. The van der Waals surface area contributed by atoms with E-state index in [4.69, 9.17) is 11.1 Å². The van der Waals surface area contributed by atoms with Crippen LogP contribution >= 0.6 is 12.4 Å². The number of nitrogens with one attached hydrogen (secondary N) is 3. The molecule has 0 saturated carbocycles. The van der Waals surface area contributed by atoms with Gasteiger partial charge < -0.3 is 25.7 Å². The van der Waals surface area contributed by atoms with Gasteiger partial charge in [0.2, 0.25) is 0 Å². The lowest BCUT2D eigenvalue weighted by Crippen LogP contribution is -2.27. The van der Waals surface area contributed by atoms with Gasteiger partial charge in [-0.15, -0.1) is 12.4 Å². The summed E-state index contributed by atoms with van der Waals surface area (Å²) in [4.78, 5) is 36.3. The van der Waals surface area contributed by atoms with Crippen molar-refractivity contribution in [3.05, 3.63) is 80.1 Å². The van der Waals surface area contributed by atoms with Crippen molar-refractivity contribution < 1.29 is 19.8 Å². The molecule has 0 aliphatic rings. The predicted molar refractivity (Wildman–Crippen MR) is 182 cm³/mol. The second-order valence-electron chi connectivity index (χ2n) is 7.92. The lowest BCUT2D eigenvalue weighted by molar-refractivity contribution is -0.137. The molecule has 0 aromatic carbocycles. The van der Waals surface area contributed by atoms with E-state index in [1.54, 1.807) is 31.5 Å². The van der Waals surface area contributed by atoms with Crippen molar-refractivity contribution in [3.63, 3.8) is 0 Å². The number of amidine groups is 1. The number of nitrogen functional groups attached to an aromatic ring is 1. The Kier molecular flexibility index (Phi) is 28.7. The molecule has 3 heterocycles. The summed E-state index contributed by atoms with van der Waals surface area (Å²) in [6.45, 7) is 12.1. The molecule has 0 radical (unpaired) electrons. The fourth-order valence-electron chi connectivity index (χ4n) is 2.40. The topological polar surface area (TPSA) is 289 Å². The summed E-state index contributed by atoms with van der Waals surface area (Å²) in [7, 11) is 7.82. The third kappa shape index (κ3) is 20.4. The zero-order valence-electron chi connectivity index (χ0n) is 26.2. The molecule has 3 aromatic rings. The van der Waals surface area contributed by atoms with Gasteiger partial charge in [0.25, 0.3) is 5.91 Å². The first kappa shape index (κ1) is 46.7. The number of rotatable bonds is 8. The molecule has 0 atom stereocenters. The summed E-state index contributed by atoms with van der Waals surface area (Å²) < 4.78 is 4.43. The molecule has 13 N–H and O–H groups in total. The number of hydrazine groups is 2. The Balaban J connectivity index is -0.000000258. The van der Waals surface area contributed by atoms with Gasteiger partial charge in [-0.25, -0.2) is 15.6 Å². The van der Waals surface area contributed by atoms with Gasteiger partial charge >= 0.3 is 5.97 Å². The molecule has 17 nitrogen and oxygen atoms in total. The molecule has 0 aliphatic carbocycles. The molecule has 45 heavy (non-hydrogen) atoms. The summed E-state index contributed by atoms with van der Waals surface area (Å²) in [5.74, 6) is 13.1. The van der Waals surface area contributed by atoms with E-state index in [2.05, 4.69) is 67.2 Å². The van der Waals surface area contributed by atoms with Crippen molar-refractivity contribution in [2.24, 2.45) is 23.3 Å². The number of amides is 1. The van der Waals surface area contributed by atoms with Crippen molar-refractivity contribution in [1.29, 1.82) is 5.41 Å². The Morgan fingerprint density at radius 3 is 1.91 bits per heavy atom. The fraction of sp³-hybridized carbons (Fsp3) is 0.222. The number of carbonyl (C=O) groups excluding carboxylic acids is 2. The van der Waals surface area contributed by atoms with Gasteiger partial charge in [0.05, 0.1) is 6.61 Å². The Bertz CT molecular complexity index is 1300. The summed E-state index contributed by atoms with van der Waals surface area (Å²) in [5, 5.41) is 14.0. The van der Waals surface area contributed by atoms with Crippen molar-refractivity contribution in [2.75, 3.05) is 44.6 Å². The molecule has 250 valence electrons. The number of aromatic nitrogens is 5. The van der Waals surface area contributed by atoms with Crippen LogP contribution in [0.15, 0.2) is 68.5 Å². The maximum Gasteiger partial charge on any atom is 0.330 e. The minimum absolute atomic E-state index is 0. The van der Waals surface area contributed by atoms with Gasteiger partial charge in [-0.2, -0.15) is 5.10 Å². The molecule has 0 aliphatic heterocycles. The third-order valence-corrected chi connectivity index (χ3v) is 4.50. The summed E-state index contributed by atoms with van der Waals surface area (Å²) in [6.07, 6.45) is 7.25. The number of anilines is 2. The van der Waals surface area contributed by atoms with Crippen LogP contribution in [0.3, 0.4) is 0 Å². The SMILES string of the molecule is C=CC(=O)NN.C=CC(=O)OCC.C=Cc1nc(-c2cc(N(C)C)ccn2)n[nH]1.CN(C)c1ccnc(C(=N)N)c1.Cl.NN.O. The lowest BCUT2D eigenvalue weighted by atomic mass is 10.3. The van der Waals surface area contributed by atoms with Crippen LogP contribution in [0.25, 0.3) is 17.6 Å². The van der Waals surface area contributed by atoms with Crippen LogP contribution < -0.4 is 38.5 Å². The van der Waals surface area contributed by atoms with E-state index in [9.17, 15) is 9.59 Å². The highest BCUT2D eigenvalue weighted by molar-refractivity contribution is 5.93. The average molecular weight is 652 g/mol. The highest BCUT2D eigenvalue weighted by Gasteiger charge is 2.07. The van der Waals surface area contributed by atoms with Gasteiger partial charge in [-0.05, 0) is 43.3 Å². The number of H-pyrrole nitrogens is 1. The van der Waals surface area contributed by atoms with Crippen molar-refractivity contribution in [1.82, 2.24) is 30.6 Å². The zero-order valence-corrected chi connectivity index (χ0v) is 27.0. The van der Waals surface area contributed by atoms with E-state index < -0.39 is 0 Å². The number of ether oxygens (including phenoxy) is 1. The smallest absolute Gasteiger partial charge is 0.330 e. The number of esters is 1. The minimum Gasteiger partial charge on any atom is -0.463 e. The van der Waals surface area contributed by atoms with Crippen LogP contribution in [0.2, 0.25) is 0 Å². The average Bonchev–Trinajstić information content (AvgIpc) is 3.52. The van der Waals surface area contributed by atoms with E-state index in [1.807, 2.05) is 61.6 Å². The van der Waals surface area contributed by atoms with Crippen LogP contribution in [0.5, 0.6) is 0 Å². The van der Waals surface area contributed by atoms with Crippen molar-refractivity contribution in [3.8, 4) is 11.5 Å². The molecule has 18 heteroatoms. The van der Waals surface area contributed by atoms with Gasteiger partial charge in [0, 0.05) is 58.0 Å². The van der Waals surface area contributed by atoms with Crippen LogP contribution in [-0.4, -0.2) is 83.1 Å². The first-order valence-corrected chi connectivity index (χ1v) is 12.4. The quantitative estimate of drug-likeness (QED) is 0.0329. The summed E-state index contributed by atoms with van der Waals surface area (Å²) in [6, 6.07) is 7.52. The number of carbonyl (C=O) groups is 2. The predicted octanol–water partition coefficient (Wildman–Crippen LogP) is 0.321. The zero-order chi connectivity index (χ0) is 33.4. The highest BCUT2D eigenvalue weighted by Crippen LogP contribution is 2.18. The fourth-order valence-corrected chi connectivity index (χ4v) is 2.40. The Labute approximate surface area is 269 Å². The number of pyridine rings is 2. The van der Waals surface area contributed by atoms with E-state index in [-0.39, 0.29) is 35.6 Å². The Hall–Kier alpha value is -5.20. The summed E-state index contributed by atoms with van der Waals surface area (Å²) >= 11 is 0. The van der Waals surface area contributed by atoms with Gasteiger partial charge in [0.15, 0.2) is 5.82 Å². The van der Waals surface area contributed by atoms with Gasteiger partial charge in [-0.3, -0.25) is 42.4 Å². The second-order valence-corrected chi connectivity index (χ2v) is 7.92. The maximum absolute atomic E-state index is 10.1. The minimum atomic E-state index is -0.366. The molecule has 0 spiro atoms. The van der Waals surface area contributed by atoms with Crippen molar-refractivity contribution >= 4 is 47.6 Å². The highest BCUT2D eigenvalue weighted by atomic mass is 35.5. The first-order valence-electron chi connectivity index (χ1n) is 12.4. The molecular formula is C27H46ClN13O4. The normalized spacial score (nSPS) is 8.36. The molecule has 1 amide bonds. The first-order chi connectivity index (χ1) is 20.4. The van der Waals surface area contributed by atoms with Gasteiger partial charge in [0.1, 0.15) is 23.0 Å². The maximum atomic E-state index is 10.1. The molecule has 0 saturated heterocycles. The van der Waals surface area contributed by atoms with E-state index in [0.29, 0.717) is 23.9 Å². The molecule has 0 fully saturated rings. The van der Waals surface area contributed by atoms with Crippen LogP contribution in [-0.2, 0) is 14.3 Å². The Morgan fingerprint density at radius 2 is 1.56 bits per heavy atom. The third-order valence-electron chi connectivity index (χ3n) is 4.50. The van der Waals surface area contributed by atoms with E-state index in [0.717, 1.165) is 29.2 Å². The number of nitrogens with two attached hydrogens (primary N) is 4. The van der Waals surface area contributed by atoms with Crippen LogP contribution in [0, 0.1) is 5.41 Å². The molecular weight excluding hydrogens is 606 g/mol.